The van der Waals surface area contributed by atoms with E-state index in [2.05, 4.69) is 21.2 Å². The van der Waals surface area contributed by atoms with Crippen molar-refractivity contribution in [3.63, 3.8) is 0 Å². The number of aromatic nitrogens is 2. The second kappa shape index (κ2) is 7.38. The molecule has 6 nitrogen and oxygen atoms in total. The highest BCUT2D eigenvalue weighted by molar-refractivity contribution is 7.98. The number of rotatable bonds is 4. The number of carbonyl (C=O) groups is 1. The van der Waals surface area contributed by atoms with Gasteiger partial charge in [-0.15, -0.1) is 0 Å². The minimum absolute atomic E-state index is 0.135. The van der Waals surface area contributed by atoms with Crippen molar-refractivity contribution < 1.29 is 9.18 Å². The zero-order chi connectivity index (χ0) is 18.1. The van der Waals surface area contributed by atoms with Gasteiger partial charge in [0.15, 0.2) is 5.16 Å². The third kappa shape index (κ3) is 3.36. The Kier molecular flexibility index (Phi) is 4.97. The van der Waals surface area contributed by atoms with Gasteiger partial charge in [0, 0.05) is 24.3 Å². The maximum atomic E-state index is 13.3. The van der Waals surface area contributed by atoms with E-state index in [1.54, 1.807) is 22.9 Å². The van der Waals surface area contributed by atoms with E-state index in [-0.39, 0.29) is 17.8 Å². The molecule has 2 fully saturated rings. The van der Waals surface area contributed by atoms with Crippen LogP contribution in [0.15, 0.2) is 35.6 Å². The van der Waals surface area contributed by atoms with Gasteiger partial charge in [0.1, 0.15) is 11.5 Å². The second-order valence-corrected chi connectivity index (χ2v) is 7.59. The summed E-state index contributed by atoms with van der Waals surface area (Å²) >= 11 is 1.45. The third-order valence-electron chi connectivity index (χ3n) is 5.20. The summed E-state index contributed by atoms with van der Waals surface area (Å²) in [6, 6.07) is 6.78. The highest BCUT2D eigenvalue weighted by atomic mass is 32.2. The van der Waals surface area contributed by atoms with Crippen LogP contribution in [0.2, 0.25) is 0 Å². The van der Waals surface area contributed by atoms with Gasteiger partial charge in [-0.2, -0.15) is 0 Å². The number of amides is 1. The predicted octanol–water partition coefficient (Wildman–Crippen LogP) is 2.11. The lowest BCUT2D eigenvalue weighted by atomic mass is 9.83. The van der Waals surface area contributed by atoms with E-state index in [1.807, 2.05) is 6.26 Å². The molecule has 3 N–H and O–H groups in total. The molecule has 138 valence electrons. The van der Waals surface area contributed by atoms with Crippen LogP contribution in [0.25, 0.3) is 5.69 Å². The molecule has 1 aliphatic carbocycles. The Hall–Kier alpha value is -1.90. The molecule has 3 unspecified atom stereocenters. The van der Waals surface area contributed by atoms with Crippen LogP contribution in [0, 0.1) is 11.7 Å². The molecule has 1 aromatic heterocycles. The number of hydrazine groups is 1. The molecule has 1 aromatic carbocycles. The summed E-state index contributed by atoms with van der Waals surface area (Å²) in [5.41, 5.74) is 7.71. The van der Waals surface area contributed by atoms with Gasteiger partial charge in [-0.3, -0.25) is 20.2 Å². The highest BCUT2D eigenvalue weighted by Crippen LogP contribution is 2.27. The zero-order valence-electron chi connectivity index (χ0n) is 14.5. The number of hydrogen-bond acceptors (Lipinski definition) is 5. The Bertz CT molecular complexity index is 793. The summed E-state index contributed by atoms with van der Waals surface area (Å²) in [5, 5.41) is 3.87. The predicted molar refractivity (Wildman–Crippen MR) is 98.8 cm³/mol. The summed E-state index contributed by atoms with van der Waals surface area (Å²) < 4.78 is 15.0. The zero-order valence-corrected chi connectivity index (χ0v) is 15.4. The van der Waals surface area contributed by atoms with Crippen LogP contribution in [0.1, 0.15) is 29.8 Å². The van der Waals surface area contributed by atoms with Crippen LogP contribution in [-0.2, 0) is 0 Å². The average Bonchev–Trinajstić information content (AvgIpc) is 3.28. The minimum Gasteiger partial charge on any atom is -0.348 e. The number of hydrogen-bond donors (Lipinski definition) is 3. The lowest BCUT2D eigenvalue weighted by molar-refractivity contribution is 0.0910. The van der Waals surface area contributed by atoms with Crippen LogP contribution < -0.4 is 16.2 Å². The Morgan fingerprint density at radius 3 is 2.92 bits per heavy atom. The first-order valence-corrected chi connectivity index (χ1v) is 10.0. The second-order valence-electron chi connectivity index (χ2n) is 6.82. The van der Waals surface area contributed by atoms with E-state index in [1.165, 1.54) is 23.9 Å². The Labute approximate surface area is 155 Å². The first-order chi connectivity index (χ1) is 12.7. The molecule has 0 radical (unpaired) electrons. The lowest BCUT2D eigenvalue weighted by Gasteiger charge is -2.31. The molecule has 1 amide bonds. The van der Waals surface area contributed by atoms with Gasteiger partial charge in [-0.1, -0.05) is 11.8 Å². The fourth-order valence-electron chi connectivity index (χ4n) is 3.87. The molecule has 1 saturated heterocycles. The topological polar surface area (TPSA) is 71.0 Å². The number of thioether (sulfide) groups is 1. The van der Waals surface area contributed by atoms with E-state index in [0.717, 1.165) is 31.5 Å². The number of benzene rings is 1. The fourth-order valence-corrected chi connectivity index (χ4v) is 4.41. The molecule has 1 aliphatic heterocycles. The molecule has 2 aromatic rings. The van der Waals surface area contributed by atoms with Crippen LogP contribution in [0.3, 0.4) is 0 Å². The standard InChI is InChI=1S/C18H22FN5OS/c1-26-18-20-10-16(24(18)14-5-2-12(19)3-6-14)17(25)22-13-4-7-15-11(8-13)9-21-23-15/h2-3,5-6,10-11,13,15,21,23H,4,7-9H2,1H3,(H,22,25). The summed E-state index contributed by atoms with van der Waals surface area (Å²) in [4.78, 5) is 17.3. The summed E-state index contributed by atoms with van der Waals surface area (Å²) in [7, 11) is 0. The van der Waals surface area contributed by atoms with E-state index in [0.29, 0.717) is 22.8 Å². The average molecular weight is 375 g/mol. The summed E-state index contributed by atoms with van der Waals surface area (Å²) in [6.45, 7) is 0.946. The molecular weight excluding hydrogens is 353 g/mol. The number of carbonyl (C=O) groups excluding carboxylic acids is 1. The molecule has 0 spiro atoms. The molecule has 2 heterocycles. The molecule has 3 atom stereocenters. The van der Waals surface area contributed by atoms with Gasteiger partial charge in [0.05, 0.1) is 6.20 Å². The molecule has 8 heteroatoms. The first kappa shape index (κ1) is 17.5. The number of nitrogens with one attached hydrogen (secondary N) is 3. The quantitative estimate of drug-likeness (QED) is 0.714. The first-order valence-electron chi connectivity index (χ1n) is 8.82. The van der Waals surface area contributed by atoms with Crippen molar-refractivity contribution in [3.8, 4) is 5.69 Å². The van der Waals surface area contributed by atoms with Gasteiger partial charge < -0.3 is 5.32 Å². The van der Waals surface area contributed by atoms with Crippen molar-refractivity contribution in [3.05, 3.63) is 42.0 Å². The van der Waals surface area contributed by atoms with Crippen molar-refractivity contribution in [1.29, 1.82) is 0 Å². The maximum absolute atomic E-state index is 13.3. The fraction of sp³-hybridized carbons (Fsp3) is 0.444. The molecule has 26 heavy (non-hydrogen) atoms. The van der Waals surface area contributed by atoms with Crippen LogP contribution >= 0.6 is 11.8 Å². The summed E-state index contributed by atoms with van der Waals surface area (Å²) in [5.74, 6) is 0.114. The van der Waals surface area contributed by atoms with E-state index in [9.17, 15) is 9.18 Å². The van der Waals surface area contributed by atoms with Crippen molar-refractivity contribution in [1.82, 2.24) is 25.7 Å². The van der Waals surface area contributed by atoms with Crippen molar-refractivity contribution in [2.45, 2.75) is 36.5 Å². The normalized spacial score (nSPS) is 25.1. The van der Waals surface area contributed by atoms with Crippen molar-refractivity contribution in [2.24, 2.45) is 5.92 Å². The van der Waals surface area contributed by atoms with Gasteiger partial charge in [0.25, 0.3) is 5.91 Å². The minimum atomic E-state index is -0.305. The molecule has 2 aliphatic rings. The largest absolute Gasteiger partial charge is 0.348 e. The Morgan fingerprint density at radius 2 is 2.15 bits per heavy atom. The van der Waals surface area contributed by atoms with E-state index >= 15 is 0 Å². The smallest absolute Gasteiger partial charge is 0.270 e. The van der Waals surface area contributed by atoms with Crippen LogP contribution in [0.4, 0.5) is 4.39 Å². The van der Waals surface area contributed by atoms with Gasteiger partial charge in [0.2, 0.25) is 0 Å². The molecule has 1 saturated carbocycles. The summed E-state index contributed by atoms with van der Waals surface area (Å²) in [6.07, 6.45) is 6.48. The van der Waals surface area contributed by atoms with Gasteiger partial charge in [-0.05, 0) is 55.7 Å². The Balaban J connectivity index is 1.54. The van der Waals surface area contributed by atoms with E-state index < -0.39 is 0 Å². The van der Waals surface area contributed by atoms with Crippen molar-refractivity contribution >= 4 is 17.7 Å². The molecular formula is C18H22FN5OS. The number of imidazole rings is 1. The SMILES string of the molecule is CSc1ncc(C(=O)NC2CCC3NNCC3C2)n1-c1ccc(F)cc1. The van der Waals surface area contributed by atoms with Crippen molar-refractivity contribution in [2.75, 3.05) is 12.8 Å². The highest BCUT2D eigenvalue weighted by Gasteiger charge is 2.34. The van der Waals surface area contributed by atoms with Gasteiger partial charge in [-0.25, -0.2) is 9.37 Å². The molecule has 4 rings (SSSR count). The number of nitrogens with zero attached hydrogens (tertiary/aromatic N) is 2. The van der Waals surface area contributed by atoms with Crippen LogP contribution in [-0.4, -0.2) is 40.3 Å². The molecule has 0 bridgehead atoms. The Morgan fingerprint density at radius 1 is 1.35 bits per heavy atom. The monoisotopic (exact) mass is 375 g/mol. The lowest BCUT2D eigenvalue weighted by Crippen LogP contribution is -2.44. The number of halogens is 1. The maximum Gasteiger partial charge on any atom is 0.270 e. The van der Waals surface area contributed by atoms with Gasteiger partial charge >= 0.3 is 0 Å². The number of fused-ring (bicyclic) bond motifs is 1. The van der Waals surface area contributed by atoms with E-state index in [4.69, 9.17) is 0 Å². The van der Waals surface area contributed by atoms with Crippen LogP contribution in [0.5, 0.6) is 0 Å². The third-order valence-corrected chi connectivity index (χ3v) is 5.85.